The maximum absolute atomic E-state index is 13.1. The predicted octanol–water partition coefficient (Wildman–Crippen LogP) is 4.50. The molecule has 3 aromatic carbocycles. The minimum absolute atomic E-state index is 0.0466. The van der Waals surface area contributed by atoms with E-state index >= 15 is 0 Å². The van der Waals surface area contributed by atoms with Gasteiger partial charge in [-0.25, -0.2) is 9.82 Å². The second kappa shape index (κ2) is 10.7. The van der Waals surface area contributed by atoms with Crippen LogP contribution in [0.1, 0.15) is 5.56 Å². The molecule has 0 aliphatic heterocycles. The van der Waals surface area contributed by atoms with E-state index in [-0.39, 0.29) is 24.9 Å². The number of carbonyl (C=O) groups excluding carboxylic acids is 2. The fraction of sp³-hybridized carbons (Fsp3) is 0.0714. The summed E-state index contributed by atoms with van der Waals surface area (Å²) in [6.07, 6.45) is 4.97. The van der Waals surface area contributed by atoms with Gasteiger partial charge < -0.3 is 14.6 Å². The number of ether oxygens (including phenoxy) is 1. The van der Waals surface area contributed by atoms with Crippen molar-refractivity contribution in [2.45, 2.75) is 6.54 Å². The molecular formula is C28H22FN5O3. The summed E-state index contributed by atoms with van der Waals surface area (Å²) >= 11 is 0. The quantitative estimate of drug-likeness (QED) is 0.245. The van der Waals surface area contributed by atoms with Gasteiger partial charge >= 0.3 is 0 Å². The summed E-state index contributed by atoms with van der Waals surface area (Å²) in [4.78, 5) is 29.2. The number of hydrazone groups is 1. The molecule has 0 radical (unpaired) electrons. The Labute approximate surface area is 211 Å². The number of hydrogen-bond donors (Lipinski definition) is 2. The minimum atomic E-state index is -0.424. The number of nitrogens with zero attached hydrogens (tertiary/aromatic N) is 3. The molecule has 0 aliphatic carbocycles. The Hall–Kier alpha value is -5.05. The van der Waals surface area contributed by atoms with E-state index in [1.807, 2.05) is 48.5 Å². The van der Waals surface area contributed by atoms with E-state index in [9.17, 15) is 14.0 Å². The molecule has 2 amide bonds. The van der Waals surface area contributed by atoms with Crippen LogP contribution >= 0.6 is 0 Å². The first-order chi connectivity index (χ1) is 18.1. The van der Waals surface area contributed by atoms with Crippen molar-refractivity contribution in [3.05, 3.63) is 103 Å². The summed E-state index contributed by atoms with van der Waals surface area (Å²) in [5.41, 5.74) is 5.21. The number of halogens is 1. The van der Waals surface area contributed by atoms with Gasteiger partial charge in [0.25, 0.3) is 5.91 Å². The number of pyridine rings is 1. The Balaban J connectivity index is 1.23. The third-order valence-electron chi connectivity index (χ3n) is 5.61. The van der Waals surface area contributed by atoms with Crippen molar-refractivity contribution in [2.24, 2.45) is 5.10 Å². The van der Waals surface area contributed by atoms with Crippen LogP contribution in [0.3, 0.4) is 0 Å². The molecule has 9 heteroatoms. The van der Waals surface area contributed by atoms with Crippen molar-refractivity contribution in [2.75, 3.05) is 11.9 Å². The molecule has 0 unspecified atom stereocenters. The molecule has 0 saturated heterocycles. The van der Waals surface area contributed by atoms with Crippen molar-refractivity contribution in [3.63, 3.8) is 0 Å². The van der Waals surface area contributed by atoms with Gasteiger partial charge in [0.2, 0.25) is 5.91 Å². The lowest BCUT2D eigenvalue weighted by molar-refractivity contribution is -0.123. The summed E-state index contributed by atoms with van der Waals surface area (Å²) < 4.78 is 20.5. The van der Waals surface area contributed by atoms with Crippen molar-refractivity contribution >= 4 is 45.5 Å². The van der Waals surface area contributed by atoms with Crippen molar-refractivity contribution in [3.8, 4) is 5.75 Å². The first-order valence-electron chi connectivity index (χ1n) is 11.5. The Morgan fingerprint density at radius 2 is 1.78 bits per heavy atom. The number of amides is 2. The van der Waals surface area contributed by atoms with E-state index < -0.39 is 5.91 Å². The van der Waals surface area contributed by atoms with Crippen LogP contribution < -0.4 is 15.5 Å². The smallest absolute Gasteiger partial charge is 0.277 e. The van der Waals surface area contributed by atoms with Crippen LogP contribution in [-0.2, 0) is 16.1 Å². The zero-order valence-corrected chi connectivity index (χ0v) is 19.6. The van der Waals surface area contributed by atoms with Gasteiger partial charge in [-0.1, -0.05) is 36.4 Å². The SMILES string of the molecule is O=C(COc1cccc2cccnc12)N/N=C\c1cn(CC(=O)Nc2ccc(F)cc2)c2ccccc12. The highest BCUT2D eigenvalue weighted by Gasteiger charge is 2.11. The van der Waals surface area contributed by atoms with Gasteiger partial charge in [0.15, 0.2) is 6.61 Å². The van der Waals surface area contributed by atoms with E-state index in [2.05, 4.69) is 20.8 Å². The number of para-hydroxylation sites is 2. The van der Waals surface area contributed by atoms with E-state index in [0.717, 1.165) is 21.9 Å². The number of rotatable bonds is 8. The number of aromatic nitrogens is 2. The second-order valence-electron chi connectivity index (χ2n) is 8.20. The molecular weight excluding hydrogens is 473 g/mol. The first-order valence-corrected chi connectivity index (χ1v) is 11.5. The largest absolute Gasteiger partial charge is 0.481 e. The number of carbonyl (C=O) groups is 2. The molecule has 184 valence electrons. The van der Waals surface area contributed by atoms with Crippen LogP contribution in [0.25, 0.3) is 21.8 Å². The number of anilines is 1. The third kappa shape index (κ3) is 5.62. The molecule has 0 atom stereocenters. The average molecular weight is 496 g/mol. The molecule has 0 bridgehead atoms. The lowest BCUT2D eigenvalue weighted by Gasteiger charge is -2.07. The standard InChI is InChI=1S/C28H22FN5O3/c29-21-10-12-22(13-11-21)32-26(35)17-34-16-20(23-7-1-2-8-24(23)34)15-31-33-27(36)18-37-25-9-3-5-19-6-4-14-30-28(19)25/h1-16H,17-18H2,(H,32,35)(H,33,36)/b31-15-. The maximum Gasteiger partial charge on any atom is 0.277 e. The molecule has 37 heavy (non-hydrogen) atoms. The van der Waals surface area contributed by atoms with E-state index in [1.165, 1.54) is 30.5 Å². The van der Waals surface area contributed by atoms with Gasteiger partial charge in [0.1, 0.15) is 23.6 Å². The average Bonchev–Trinajstić information content (AvgIpc) is 3.26. The summed E-state index contributed by atoms with van der Waals surface area (Å²) in [5, 5.41) is 8.60. The molecule has 0 fully saturated rings. The summed E-state index contributed by atoms with van der Waals surface area (Å²) in [6.45, 7) is -0.177. The summed E-state index contributed by atoms with van der Waals surface area (Å²) in [5.74, 6) is -0.544. The predicted molar refractivity (Wildman–Crippen MR) is 140 cm³/mol. The Bertz CT molecular complexity index is 1610. The molecule has 8 nitrogen and oxygen atoms in total. The van der Waals surface area contributed by atoms with Gasteiger partial charge in [0.05, 0.1) is 6.21 Å². The number of benzene rings is 3. The number of hydrogen-bond acceptors (Lipinski definition) is 5. The molecule has 2 aromatic heterocycles. The van der Waals surface area contributed by atoms with Crippen LogP contribution in [0.5, 0.6) is 5.75 Å². The number of nitrogens with one attached hydrogen (secondary N) is 2. The fourth-order valence-corrected chi connectivity index (χ4v) is 3.94. The van der Waals surface area contributed by atoms with Crippen LogP contribution in [0, 0.1) is 5.82 Å². The molecule has 2 N–H and O–H groups in total. The highest BCUT2D eigenvalue weighted by molar-refractivity contribution is 6.01. The summed E-state index contributed by atoms with van der Waals surface area (Å²) in [7, 11) is 0. The summed E-state index contributed by atoms with van der Waals surface area (Å²) in [6, 6.07) is 22.4. The van der Waals surface area contributed by atoms with Crippen LogP contribution in [0.15, 0.2) is 96.4 Å². The molecule has 0 aliphatic rings. The molecule has 5 rings (SSSR count). The zero-order valence-electron chi connectivity index (χ0n) is 19.6. The van der Waals surface area contributed by atoms with Crippen molar-refractivity contribution in [1.29, 1.82) is 0 Å². The Kier molecular flexibility index (Phi) is 6.84. The van der Waals surface area contributed by atoms with Gasteiger partial charge in [-0.3, -0.25) is 14.6 Å². The van der Waals surface area contributed by atoms with E-state index in [1.54, 1.807) is 23.0 Å². The highest BCUT2D eigenvalue weighted by Crippen LogP contribution is 2.23. The highest BCUT2D eigenvalue weighted by atomic mass is 19.1. The first kappa shape index (κ1) is 23.7. The van der Waals surface area contributed by atoms with Gasteiger partial charge in [-0.15, -0.1) is 0 Å². The molecule has 0 saturated carbocycles. The normalized spacial score (nSPS) is 11.2. The maximum atomic E-state index is 13.1. The topological polar surface area (TPSA) is 97.6 Å². The minimum Gasteiger partial charge on any atom is -0.481 e. The third-order valence-corrected chi connectivity index (χ3v) is 5.61. The molecule has 0 spiro atoms. The lowest BCUT2D eigenvalue weighted by Crippen LogP contribution is -2.24. The van der Waals surface area contributed by atoms with E-state index in [0.29, 0.717) is 17.0 Å². The van der Waals surface area contributed by atoms with Crippen LogP contribution in [-0.4, -0.2) is 34.2 Å². The number of fused-ring (bicyclic) bond motifs is 2. The lowest BCUT2D eigenvalue weighted by atomic mass is 10.2. The van der Waals surface area contributed by atoms with Crippen LogP contribution in [0.4, 0.5) is 10.1 Å². The van der Waals surface area contributed by atoms with E-state index in [4.69, 9.17) is 4.74 Å². The Morgan fingerprint density at radius 3 is 2.65 bits per heavy atom. The Morgan fingerprint density at radius 1 is 0.973 bits per heavy atom. The van der Waals surface area contributed by atoms with Gasteiger partial charge in [-0.05, 0) is 42.5 Å². The fourth-order valence-electron chi connectivity index (χ4n) is 3.94. The van der Waals surface area contributed by atoms with Gasteiger partial charge in [-0.2, -0.15) is 5.10 Å². The second-order valence-corrected chi connectivity index (χ2v) is 8.20. The van der Waals surface area contributed by atoms with Gasteiger partial charge in [0, 0.05) is 39.9 Å². The van der Waals surface area contributed by atoms with Crippen molar-refractivity contribution in [1.82, 2.24) is 15.0 Å². The van der Waals surface area contributed by atoms with Crippen molar-refractivity contribution < 1.29 is 18.7 Å². The molecule has 5 aromatic rings. The van der Waals surface area contributed by atoms with Crippen LogP contribution in [0.2, 0.25) is 0 Å². The molecule has 2 heterocycles. The monoisotopic (exact) mass is 495 g/mol. The zero-order chi connectivity index (χ0) is 25.6.